The largest absolute Gasteiger partial charge is 0.326 e. The van der Waals surface area contributed by atoms with E-state index in [4.69, 9.17) is 23.2 Å². The van der Waals surface area contributed by atoms with Gasteiger partial charge in [-0.25, -0.2) is 0 Å². The zero-order chi connectivity index (χ0) is 10.6. The average molecular weight is 232 g/mol. The summed E-state index contributed by atoms with van der Waals surface area (Å²) in [6, 6.07) is 5.02. The van der Waals surface area contributed by atoms with Crippen LogP contribution >= 0.6 is 23.2 Å². The van der Waals surface area contributed by atoms with E-state index < -0.39 is 0 Å². The molecule has 1 rings (SSSR count). The predicted octanol–water partition coefficient (Wildman–Crippen LogP) is 3.73. The minimum absolute atomic E-state index is 0.00844. The fraction of sp³-hybridized carbons (Fsp3) is 0.300. The molecule has 0 spiro atoms. The highest BCUT2D eigenvalue weighted by molar-refractivity contribution is 6.42. The first kappa shape index (κ1) is 11.3. The first-order chi connectivity index (χ1) is 6.63. The van der Waals surface area contributed by atoms with Crippen molar-refractivity contribution in [3.05, 3.63) is 28.2 Å². The Kier molecular flexibility index (Phi) is 4.23. The summed E-state index contributed by atoms with van der Waals surface area (Å²) in [6.07, 6.45) is 1.34. The number of amides is 1. The summed E-state index contributed by atoms with van der Waals surface area (Å²) in [6.45, 7) is 1.95. The molecule has 1 amide bonds. The van der Waals surface area contributed by atoms with E-state index in [2.05, 4.69) is 5.32 Å². The molecule has 76 valence electrons. The summed E-state index contributed by atoms with van der Waals surface area (Å²) >= 11 is 11.5. The fourth-order valence-electron chi connectivity index (χ4n) is 1.02. The third-order valence-corrected chi connectivity index (χ3v) is 2.42. The van der Waals surface area contributed by atoms with Crippen LogP contribution in [-0.2, 0) is 4.79 Å². The van der Waals surface area contributed by atoms with Crippen LogP contribution in [0.15, 0.2) is 18.2 Å². The maximum atomic E-state index is 11.2. The number of carbonyl (C=O) groups is 1. The Labute approximate surface area is 93.2 Å². The summed E-state index contributed by atoms with van der Waals surface area (Å²) in [5.74, 6) is -0.00844. The molecule has 0 aliphatic heterocycles. The molecule has 0 atom stereocenters. The quantitative estimate of drug-likeness (QED) is 0.845. The minimum atomic E-state index is -0.00844. The number of benzene rings is 1. The van der Waals surface area contributed by atoms with Gasteiger partial charge in [0.1, 0.15) is 0 Å². The molecular formula is C10H11Cl2NO. The fourth-order valence-corrected chi connectivity index (χ4v) is 1.32. The van der Waals surface area contributed by atoms with Gasteiger partial charge in [0.05, 0.1) is 10.0 Å². The smallest absolute Gasteiger partial charge is 0.224 e. The monoisotopic (exact) mass is 231 g/mol. The molecule has 4 heteroatoms. The number of hydrogen-bond acceptors (Lipinski definition) is 1. The molecule has 0 radical (unpaired) electrons. The van der Waals surface area contributed by atoms with Gasteiger partial charge in [0.15, 0.2) is 0 Å². The zero-order valence-electron chi connectivity index (χ0n) is 7.81. The average Bonchev–Trinajstić information content (AvgIpc) is 2.12. The molecule has 1 aromatic carbocycles. The van der Waals surface area contributed by atoms with Gasteiger partial charge in [-0.15, -0.1) is 0 Å². The second-order valence-corrected chi connectivity index (χ2v) is 3.74. The molecule has 0 aromatic heterocycles. The van der Waals surface area contributed by atoms with Crippen molar-refractivity contribution in [2.24, 2.45) is 0 Å². The van der Waals surface area contributed by atoms with Crippen LogP contribution in [0.3, 0.4) is 0 Å². The molecule has 0 unspecified atom stereocenters. The number of rotatable bonds is 3. The van der Waals surface area contributed by atoms with Crippen LogP contribution in [0, 0.1) is 0 Å². The number of halogens is 2. The van der Waals surface area contributed by atoms with Gasteiger partial charge in [-0.2, -0.15) is 0 Å². The van der Waals surface area contributed by atoms with Gasteiger partial charge in [-0.3, -0.25) is 4.79 Å². The Bertz CT molecular complexity index is 339. The first-order valence-electron chi connectivity index (χ1n) is 4.38. The molecule has 0 saturated heterocycles. The van der Waals surface area contributed by atoms with Crippen molar-refractivity contribution in [2.75, 3.05) is 5.32 Å². The van der Waals surface area contributed by atoms with E-state index in [0.717, 1.165) is 6.42 Å². The lowest BCUT2D eigenvalue weighted by atomic mass is 10.3. The van der Waals surface area contributed by atoms with Crippen LogP contribution in [0.1, 0.15) is 19.8 Å². The first-order valence-corrected chi connectivity index (χ1v) is 5.14. The molecule has 1 N–H and O–H groups in total. The van der Waals surface area contributed by atoms with E-state index in [-0.39, 0.29) is 5.91 Å². The van der Waals surface area contributed by atoms with Crippen LogP contribution < -0.4 is 5.32 Å². The second kappa shape index (κ2) is 5.23. The van der Waals surface area contributed by atoms with Crippen molar-refractivity contribution in [3.63, 3.8) is 0 Å². The lowest BCUT2D eigenvalue weighted by molar-refractivity contribution is -0.116. The van der Waals surface area contributed by atoms with Crippen molar-refractivity contribution in [2.45, 2.75) is 19.8 Å². The highest BCUT2D eigenvalue weighted by Gasteiger charge is 2.02. The summed E-state index contributed by atoms with van der Waals surface area (Å²) < 4.78 is 0. The van der Waals surface area contributed by atoms with Gasteiger partial charge in [0.2, 0.25) is 5.91 Å². The van der Waals surface area contributed by atoms with Crippen LogP contribution in [0.4, 0.5) is 5.69 Å². The van der Waals surface area contributed by atoms with Gasteiger partial charge in [-0.05, 0) is 24.6 Å². The van der Waals surface area contributed by atoms with Crippen LogP contribution in [0.2, 0.25) is 10.0 Å². The third-order valence-electron chi connectivity index (χ3n) is 1.68. The number of anilines is 1. The van der Waals surface area contributed by atoms with Gasteiger partial charge < -0.3 is 5.32 Å². The molecule has 1 aromatic rings. The third kappa shape index (κ3) is 3.20. The predicted molar refractivity (Wildman–Crippen MR) is 60.0 cm³/mol. The maximum Gasteiger partial charge on any atom is 0.224 e. The van der Waals surface area contributed by atoms with Gasteiger partial charge in [0, 0.05) is 12.1 Å². The van der Waals surface area contributed by atoms with Crippen LogP contribution in [0.5, 0.6) is 0 Å². The molecule has 0 heterocycles. The molecular weight excluding hydrogens is 221 g/mol. The highest BCUT2D eigenvalue weighted by Crippen LogP contribution is 2.24. The zero-order valence-corrected chi connectivity index (χ0v) is 9.32. The van der Waals surface area contributed by atoms with Crippen molar-refractivity contribution < 1.29 is 4.79 Å². The van der Waals surface area contributed by atoms with E-state index in [1.54, 1.807) is 18.2 Å². The standard InChI is InChI=1S/C10H11Cl2NO/c1-2-3-10(14)13-7-4-5-8(11)9(12)6-7/h4-6H,2-3H2,1H3,(H,13,14). The van der Waals surface area contributed by atoms with Gasteiger partial charge >= 0.3 is 0 Å². The topological polar surface area (TPSA) is 29.1 Å². The van der Waals surface area contributed by atoms with Crippen LogP contribution in [-0.4, -0.2) is 5.91 Å². The Morgan fingerprint density at radius 3 is 2.64 bits per heavy atom. The molecule has 0 aliphatic carbocycles. The van der Waals surface area contributed by atoms with Gasteiger partial charge in [0.25, 0.3) is 0 Å². The summed E-state index contributed by atoms with van der Waals surface area (Å²) in [4.78, 5) is 11.2. The maximum absolute atomic E-state index is 11.2. The second-order valence-electron chi connectivity index (χ2n) is 2.93. The van der Waals surface area contributed by atoms with E-state index >= 15 is 0 Å². The van der Waals surface area contributed by atoms with Crippen molar-refractivity contribution in [1.29, 1.82) is 0 Å². The Hall–Kier alpha value is -0.730. The summed E-state index contributed by atoms with van der Waals surface area (Å²) in [5, 5.41) is 3.66. The van der Waals surface area contributed by atoms with E-state index in [1.807, 2.05) is 6.92 Å². The SMILES string of the molecule is CCCC(=O)Nc1ccc(Cl)c(Cl)c1. The van der Waals surface area contributed by atoms with Crippen LogP contribution in [0.25, 0.3) is 0 Å². The highest BCUT2D eigenvalue weighted by atomic mass is 35.5. The molecule has 0 fully saturated rings. The van der Waals surface area contributed by atoms with Gasteiger partial charge in [-0.1, -0.05) is 30.1 Å². The molecule has 0 bridgehead atoms. The summed E-state index contributed by atoms with van der Waals surface area (Å²) in [7, 11) is 0. The Morgan fingerprint density at radius 1 is 1.36 bits per heavy atom. The van der Waals surface area contributed by atoms with E-state index in [9.17, 15) is 4.79 Å². The lowest BCUT2D eigenvalue weighted by Crippen LogP contribution is -2.10. The van der Waals surface area contributed by atoms with Crippen molar-refractivity contribution >= 4 is 34.8 Å². The Morgan fingerprint density at radius 2 is 2.07 bits per heavy atom. The van der Waals surface area contributed by atoms with Crippen molar-refractivity contribution in [3.8, 4) is 0 Å². The molecule has 2 nitrogen and oxygen atoms in total. The van der Waals surface area contributed by atoms with Crippen molar-refractivity contribution in [1.82, 2.24) is 0 Å². The molecule has 0 saturated carbocycles. The van der Waals surface area contributed by atoms with E-state index in [0.29, 0.717) is 22.2 Å². The minimum Gasteiger partial charge on any atom is -0.326 e. The molecule has 14 heavy (non-hydrogen) atoms. The molecule has 0 aliphatic rings. The Balaban J connectivity index is 2.68. The number of nitrogens with one attached hydrogen (secondary N) is 1. The van der Waals surface area contributed by atoms with E-state index in [1.165, 1.54) is 0 Å². The number of carbonyl (C=O) groups excluding carboxylic acids is 1. The summed E-state index contributed by atoms with van der Waals surface area (Å²) in [5.41, 5.74) is 0.679. The lowest BCUT2D eigenvalue weighted by Gasteiger charge is -2.04. The normalized spacial score (nSPS) is 9.93. The number of hydrogen-bond donors (Lipinski definition) is 1.